The number of imide groups is 1. The summed E-state index contributed by atoms with van der Waals surface area (Å²) in [6.45, 7) is 4.01. The minimum atomic E-state index is -0.444. The van der Waals surface area contributed by atoms with E-state index in [1.165, 1.54) is 4.90 Å². The van der Waals surface area contributed by atoms with Crippen LogP contribution in [-0.2, 0) is 19.2 Å². The Kier molecular flexibility index (Phi) is 6.51. The van der Waals surface area contributed by atoms with Gasteiger partial charge in [-0.2, -0.15) is 0 Å². The summed E-state index contributed by atoms with van der Waals surface area (Å²) in [4.78, 5) is 49.9. The van der Waals surface area contributed by atoms with Gasteiger partial charge in [0.1, 0.15) is 0 Å². The minimum absolute atomic E-state index is 0.0106. The number of nitrogens with zero attached hydrogens (tertiary/aromatic N) is 1. The first-order valence-corrected chi connectivity index (χ1v) is 10.1. The lowest BCUT2D eigenvalue weighted by molar-refractivity contribution is -0.140. The van der Waals surface area contributed by atoms with Crippen molar-refractivity contribution in [2.75, 3.05) is 18.4 Å². The lowest BCUT2D eigenvalue weighted by atomic mass is 9.81. The number of hydrogen-bond acceptors (Lipinski definition) is 5. The number of benzene rings is 1. The number of anilines is 1. The molecule has 29 heavy (non-hydrogen) atoms. The first kappa shape index (κ1) is 20.8. The predicted octanol–water partition coefficient (Wildman–Crippen LogP) is 1.43. The number of carbonyl (C=O) groups is 4. The maximum Gasteiger partial charge on any atom is 0.257 e. The highest BCUT2D eigenvalue weighted by Crippen LogP contribution is 2.37. The molecular formula is C21H28N4O4. The Labute approximate surface area is 170 Å². The van der Waals surface area contributed by atoms with E-state index in [2.05, 4.69) is 16.2 Å². The summed E-state index contributed by atoms with van der Waals surface area (Å²) in [5, 5.41) is 3.02. The molecule has 0 radical (unpaired) electrons. The van der Waals surface area contributed by atoms with Gasteiger partial charge < -0.3 is 5.32 Å². The molecule has 3 rings (SSSR count). The lowest BCUT2D eigenvalue weighted by Gasteiger charge is -2.19. The van der Waals surface area contributed by atoms with E-state index in [4.69, 9.17) is 0 Å². The van der Waals surface area contributed by atoms with Crippen molar-refractivity contribution in [3.8, 4) is 0 Å². The van der Waals surface area contributed by atoms with E-state index in [9.17, 15) is 19.2 Å². The minimum Gasteiger partial charge on any atom is -0.376 e. The molecule has 1 aromatic rings. The quantitative estimate of drug-likeness (QED) is 0.495. The maximum absolute atomic E-state index is 12.4. The van der Waals surface area contributed by atoms with Crippen LogP contribution in [0.3, 0.4) is 0 Å². The van der Waals surface area contributed by atoms with Crippen molar-refractivity contribution in [3.05, 3.63) is 29.3 Å². The van der Waals surface area contributed by atoms with Crippen LogP contribution in [0.5, 0.6) is 0 Å². The van der Waals surface area contributed by atoms with Crippen LogP contribution in [0.15, 0.2) is 18.2 Å². The number of aryl methyl sites for hydroxylation is 2. The zero-order chi connectivity index (χ0) is 21.0. The van der Waals surface area contributed by atoms with Gasteiger partial charge in [-0.15, -0.1) is 0 Å². The summed E-state index contributed by atoms with van der Waals surface area (Å²) in [6, 6.07) is 5.86. The van der Waals surface area contributed by atoms with Gasteiger partial charge in [-0.25, -0.2) is 0 Å². The summed E-state index contributed by atoms with van der Waals surface area (Å²) in [7, 11) is 0. The molecule has 0 bridgehead atoms. The van der Waals surface area contributed by atoms with Gasteiger partial charge in [0.15, 0.2) is 0 Å². The molecule has 1 heterocycles. The predicted molar refractivity (Wildman–Crippen MR) is 107 cm³/mol. The lowest BCUT2D eigenvalue weighted by Crippen LogP contribution is -2.45. The van der Waals surface area contributed by atoms with Crippen molar-refractivity contribution in [3.63, 3.8) is 0 Å². The zero-order valence-electron chi connectivity index (χ0n) is 16.9. The number of carbonyl (C=O) groups excluding carboxylic acids is 4. The molecule has 1 saturated heterocycles. The molecule has 8 heteroatoms. The summed E-state index contributed by atoms with van der Waals surface area (Å²) >= 11 is 0. The number of fused-ring (bicyclic) bond motifs is 1. The van der Waals surface area contributed by atoms with Gasteiger partial charge in [-0.3, -0.25) is 34.9 Å². The number of hydrogen-bond donors (Lipinski definition) is 3. The van der Waals surface area contributed by atoms with Gasteiger partial charge in [-0.05, 0) is 38.3 Å². The van der Waals surface area contributed by atoms with Gasteiger partial charge in [0.05, 0.1) is 18.4 Å². The van der Waals surface area contributed by atoms with Crippen molar-refractivity contribution < 1.29 is 19.2 Å². The molecule has 2 aliphatic rings. The van der Waals surface area contributed by atoms with Crippen molar-refractivity contribution in [1.82, 2.24) is 15.8 Å². The van der Waals surface area contributed by atoms with Crippen LogP contribution < -0.4 is 16.2 Å². The number of rotatable bonds is 6. The molecule has 3 N–H and O–H groups in total. The highest BCUT2D eigenvalue weighted by molar-refractivity contribution is 6.05. The summed E-state index contributed by atoms with van der Waals surface area (Å²) in [5.74, 6) is -1.58. The third-order valence-electron chi connectivity index (χ3n) is 5.66. The van der Waals surface area contributed by atoms with Gasteiger partial charge in [0, 0.05) is 18.7 Å². The molecule has 1 aliphatic heterocycles. The van der Waals surface area contributed by atoms with E-state index in [1.807, 2.05) is 32.0 Å². The van der Waals surface area contributed by atoms with Crippen LogP contribution in [0.1, 0.15) is 43.2 Å². The maximum atomic E-state index is 12.4. The Balaban J connectivity index is 1.39. The Morgan fingerprint density at radius 1 is 1.00 bits per heavy atom. The molecule has 2 atom stereocenters. The Morgan fingerprint density at radius 3 is 2.24 bits per heavy atom. The molecule has 8 nitrogen and oxygen atoms in total. The number of likely N-dealkylation sites (tertiary alicyclic amines) is 1. The monoisotopic (exact) mass is 400 g/mol. The second kappa shape index (κ2) is 9.07. The Hall–Kier alpha value is -2.90. The standard InChI is InChI=1S/C21H28N4O4/c1-13-7-8-17(14(2)11-13)22-12-19(27)24-23-18(26)9-10-25-20(28)15-5-3-4-6-16(15)21(25)29/h7-8,11,15-16,22H,3-6,9-10,12H2,1-2H3,(H,23,26)(H,24,27)/t15-,16+. The summed E-state index contributed by atoms with van der Waals surface area (Å²) < 4.78 is 0. The molecule has 1 saturated carbocycles. The zero-order valence-corrected chi connectivity index (χ0v) is 16.9. The number of amides is 4. The largest absolute Gasteiger partial charge is 0.376 e. The molecule has 0 unspecified atom stereocenters. The van der Waals surface area contributed by atoms with Crippen molar-refractivity contribution in [2.24, 2.45) is 11.8 Å². The second-order valence-electron chi connectivity index (χ2n) is 7.84. The second-order valence-corrected chi connectivity index (χ2v) is 7.84. The van der Waals surface area contributed by atoms with E-state index in [-0.39, 0.29) is 43.2 Å². The van der Waals surface area contributed by atoms with Crippen molar-refractivity contribution >= 4 is 29.3 Å². The number of nitrogens with one attached hydrogen (secondary N) is 3. The first-order chi connectivity index (χ1) is 13.9. The van der Waals surface area contributed by atoms with Crippen LogP contribution in [0.2, 0.25) is 0 Å². The van der Waals surface area contributed by atoms with E-state index in [1.54, 1.807) is 0 Å². The van der Waals surface area contributed by atoms with E-state index < -0.39 is 11.8 Å². The van der Waals surface area contributed by atoms with Crippen LogP contribution in [-0.4, -0.2) is 41.6 Å². The van der Waals surface area contributed by atoms with Gasteiger partial charge in [0.2, 0.25) is 17.7 Å². The highest BCUT2D eigenvalue weighted by Gasteiger charge is 2.47. The molecule has 156 valence electrons. The smallest absolute Gasteiger partial charge is 0.257 e. The molecule has 1 aliphatic carbocycles. The van der Waals surface area contributed by atoms with E-state index in [0.717, 1.165) is 42.5 Å². The van der Waals surface area contributed by atoms with Crippen LogP contribution in [0, 0.1) is 25.7 Å². The van der Waals surface area contributed by atoms with E-state index >= 15 is 0 Å². The number of hydrazine groups is 1. The van der Waals surface area contributed by atoms with Gasteiger partial charge in [-0.1, -0.05) is 30.5 Å². The van der Waals surface area contributed by atoms with Gasteiger partial charge in [0.25, 0.3) is 5.91 Å². The fourth-order valence-corrected chi connectivity index (χ4v) is 4.10. The molecule has 0 aromatic heterocycles. The van der Waals surface area contributed by atoms with Crippen molar-refractivity contribution in [2.45, 2.75) is 46.0 Å². The first-order valence-electron chi connectivity index (χ1n) is 10.1. The normalized spacial score (nSPS) is 21.0. The average molecular weight is 400 g/mol. The molecule has 4 amide bonds. The molecule has 1 aromatic carbocycles. The molecular weight excluding hydrogens is 372 g/mol. The van der Waals surface area contributed by atoms with Crippen molar-refractivity contribution in [1.29, 1.82) is 0 Å². The molecule has 0 spiro atoms. The van der Waals surface area contributed by atoms with Crippen LogP contribution in [0.25, 0.3) is 0 Å². The Bertz CT molecular complexity index is 799. The topological polar surface area (TPSA) is 108 Å². The fraction of sp³-hybridized carbons (Fsp3) is 0.524. The summed E-state index contributed by atoms with van der Waals surface area (Å²) in [6.07, 6.45) is 3.40. The van der Waals surface area contributed by atoms with Crippen LogP contribution >= 0.6 is 0 Å². The van der Waals surface area contributed by atoms with E-state index in [0.29, 0.717) is 0 Å². The summed E-state index contributed by atoms with van der Waals surface area (Å²) in [5.41, 5.74) is 7.69. The highest BCUT2D eigenvalue weighted by atomic mass is 16.2. The fourth-order valence-electron chi connectivity index (χ4n) is 4.10. The van der Waals surface area contributed by atoms with Crippen LogP contribution in [0.4, 0.5) is 5.69 Å². The Morgan fingerprint density at radius 2 is 1.62 bits per heavy atom. The third-order valence-corrected chi connectivity index (χ3v) is 5.66. The molecule has 2 fully saturated rings. The average Bonchev–Trinajstić information content (AvgIpc) is 2.94. The van der Waals surface area contributed by atoms with Gasteiger partial charge >= 0.3 is 0 Å². The SMILES string of the molecule is Cc1ccc(NCC(=O)NNC(=O)CCN2C(=O)[C@H]3CCCC[C@H]3C2=O)c(C)c1. The third kappa shape index (κ3) is 4.93.